The Hall–Kier alpha value is -2.59. The Bertz CT molecular complexity index is 889. The number of hydrogen-bond donors (Lipinski definition) is 1. The van der Waals surface area contributed by atoms with Crippen LogP contribution in [0.4, 0.5) is 19.0 Å². The zero-order chi connectivity index (χ0) is 21.9. The van der Waals surface area contributed by atoms with Gasteiger partial charge in [-0.25, -0.2) is 9.97 Å². The van der Waals surface area contributed by atoms with E-state index in [-0.39, 0.29) is 11.7 Å². The molecule has 0 aliphatic carbocycles. The van der Waals surface area contributed by atoms with E-state index in [1.165, 1.54) is 12.3 Å². The molecule has 0 amide bonds. The van der Waals surface area contributed by atoms with Gasteiger partial charge in [0, 0.05) is 55.6 Å². The number of aromatic nitrogens is 3. The first-order chi connectivity index (χ1) is 14.1. The maximum absolute atomic E-state index is 12.6. The number of anilines is 1. The van der Waals surface area contributed by atoms with Crippen molar-refractivity contribution in [3.8, 4) is 17.0 Å². The highest BCUT2D eigenvalue weighted by atomic mass is 19.4. The third-order valence-corrected chi connectivity index (χ3v) is 4.81. The molecule has 0 bridgehead atoms. The molecule has 0 spiro atoms. The minimum absolute atomic E-state index is 0.0894. The van der Waals surface area contributed by atoms with Crippen LogP contribution >= 0.6 is 0 Å². The van der Waals surface area contributed by atoms with Crippen LogP contribution in [-0.2, 0) is 4.74 Å². The van der Waals surface area contributed by atoms with Crippen LogP contribution in [0.1, 0.15) is 32.0 Å². The van der Waals surface area contributed by atoms with Crippen molar-refractivity contribution in [3.05, 3.63) is 30.9 Å². The number of halogens is 3. The Morgan fingerprint density at radius 1 is 1.33 bits per heavy atom. The fourth-order valence-corrected chi connectivity index (χ4v) is 3.23. The average Bonchev–Trinajstić information content (AvgIpc) is 3.13. The van der Waals surface area contributed by atoms with E-state index in [4.69, 9.17) is 10.5 Å². The summed E-state index contributed by atoms with van der Waals surface area (Å²) in [6, 6.07) is 1.20. The van der Waals surface area contributed by atoms with Crippen molar-refractivity contribution in [3.63, 3.8) is 0 Å². The van der Waals surface area contributed by atoms with Crippen LogP contribution in [0.15, 0.2) is 25.0 Å². The van der Waals surface area contributed by atoms with Gasteiger partial charge < -0.3 is 19.8 Å². The normalized spacial score (nSPS) is 15.5. The summed E-state index contributed by atoms with van der Waals surface area (Å²) in [4.78, 5) is 10.8. The summed E-state index contributed by atoms with van der Waals surface area (Å²) >= 11 is 0. The Balaban J connectivity index is 1.83. The molecule has 1 saturated heterocycles. The van der Waals surface area contributed by atoms with E-state index >= 15 is 0 Å². The molecule has 2 aromatic heterocycles. The Morgan fingerprint density at radius 3 is 2.67 bits per heavy atom. The Labute approximate surface area is 173 Å². The van der Waals surface area contributed by atoms with Crippen molar-refractivity contribution in [2.75, 3.05) is 38.6 Å². The molecule has 1 aliphatic heterocycles. The lowest BCUT2D eigenvalue weighted by atomic mass is 10.2. The van der Waals surface area contributed by atoms with E-state index in [0.717, 1.165) is 50.8 Å². The van der Waals surface area contributed by atoms with E-state index in [1.54, 1.807) is 6.20 Å². The van der Waals surface area contributed by atoms with Gasteiger partial charge in [-0.3, -0.25) is 4.90 Å². The summed E-state index contributed by atoms with van der Waals surface area (Å²) in [5.74, 6) is -0.0279. The first kappa shape index (κ1) is 22.1. The molecule has 164 valence electrons. The Kier molecular flexibility index (Phi) is 6.67. The molecule has 0 radical (unpaired) electrons. The largest absolute Gasteiger partial charge is 0.573 e. The first-order valence-electron chi connectivity index (χ1n) is 9.73. The number of pyridine rings is 1. The van der Waals surface area contributed by atoms with E-state index in [1.807, 2.05) is 18.4 Å². The zero-order valence-electron chi connectivity index (χ0n) is 17.1. The number of nitrogens with zero attached hydrogens (tertiary/aromatic N) is 4. The van der Waals surface area contributed by atoms with Crippen LogP contribution in [0.2, 0.25) is 0 Å². The highest BCUT2D eigenvalue weighted by Crippen LogP contribution is 2.32. The van der Waals surface area contributed by atoms with Gasteiger partial charge in [-0.05, 0) is 6.07 Å². The lowest BCUT2D eigenvalue weighted by molar-refractivity contribution is -0.274. The molecule has 30 heavy (non-hydrogen) atoms. The molecule has 7 nitrogen and oxygen atoms in total. The standard InChI is InChI=1S/C20H26F3N5O2/c1-13(2)19-26-16(15-10-17(18(24)25-11-15)30-20(21,22)23)12-28(19)14(3)4-5-27-6-8-29-9-7-27/h10-13H,3-9H2,1-2H3,(H2,24,25). The third-order valence-electron chi connectivity index (χ3n) is 4.81. The molecular formula is C20H26F3N5O2. The van der Waals surface area contributed by atoms with Crippen LogP contribution in [0.25, 0.3) is 17.0 Å². The number of alkyl halides is 3. The van der Waals surface area contributed by atoms with Gasteiger partial charge >= 0.3 is 6.36 Å². The van der Waals surface area contributed by atoms with Gasteiger partial charge in [0.15, 0.2) is 11.6 Å². The van der Waals surface area contributed by atoms with Gasteiger partial charge in [0.25, 0.3) is 0 Å². The second-order valence-electron chi connectivity index (χ2n) is 7.43. The molecule has 3 rings (SSSR count). The van der Waals surface area contributed by atoms with Crippen LogP contribution in [-0.4, -0.2) is 58.6 Å². The van der Waals surface area contributed by atoms with Crippen LogP contribution < -0.4 is 10.5 Å². The molecule has 2 N–H and O–H groups in total. The van der Waals surface area contributed by atoms with E-state index in [9.17, 15) is 13.2 Å². The highest BCUT2D eigenvalue weighted by Gasteiger charge is 2.32. The number of hydrogen-bond acceptors (Lipinski definition) is 6. The molecule has 0 atom stereocenters. The summed E-state index contributed by atoms with van der Waals surface area (Å²) < 4.78 is 49.1. The third kappa shape index (κ3) is 5.51. The van der Waals surface area contributed by atoms with Crippen molar-refractivity contribution < 1.29 is 22.6 Å². The fraction of sp³-hybridized carbons (Fsp3) is 0.500. The van der Waals surface area contributed by atoms with Crippen molar-refractivity contribution in [2.24, 2.45) is 0 Å². The molecule has 0 saturated carbocycles. The summed E-state index contributed by atoms with van der Waals surface area (Å²) in [7, 11) is 0. The fourth-order valence-electron chi connectivity index (χ4n) is 3.23. The molecule has 1 aliphatic rings. The van der Waals surface area contributed by atoms with E-state index in [2.05, 4.69) is 26.2 Å². The summed E-state index contributed by atoms with van der Waals surface area (Å²) in [5, 5.41) is 0. The van der Waals surface area contributed by atoms with Gasteiger partial charge in [0.1, 0.15) is 5.82 Å². The van der Waals surface area contributed by atoms with E-state index < -0.39 is 12.1 Å². The second kappa shape index (κ2) is 9.05. The number of nitrogen functional groups attached to an aromatic ring is 1. The van der Waals surface area contributed by atoms with Gasteiger partial charge in [0.2, 0.25) is 0 Å². The van der Waals surface area contributed by atoms with Crippen molar-refractivity contribution in [2.45, 2.75) is 32.5 Å². The predicted molar refractivity (Wildman–Crippen MR) is 108 cm³/mol. The summed E-state index contributed by atoms with van der Waals surface area (Å²) in [6.07, 6.45) is -0.976. The zero-order valence-corrected chi connectivity index (χ0v) is 17.1. The highest BCUT2D eigenvalue weighted by molar-refractivity contribution is 5.65. The van der Waals surface area contributed by atoms with Gasteiger partial charge in [-0.15, -0.1) is 13.2 Å². The summed E-state index contributed by atoms with van der Waals surface area (Å²) in [5.41, 5.74) is 7.24. The topological polar surface area (TPSA) is 78.4 Å². The quantitative estimate of drug-likeness (QED) is 0.728. The van der Waals surface area contributed by atoms with Crippen LogP contribution in [0, 0.1) is 0 Å². The van der Waals surface area contributed by atoms with Gasteiger partial charge in [-0.1, -0.05) is 20.4 Å². The number of nitrogens with two attached hydrogens (primary N) is 1. The predicted octanol–water partition coefficient (Wildman–Crippen LogP) is 3.74. The van der Waals surface area contributed by atoms with Crippen molar-refractivity contribution >= 4 is 11.5 Å². The maximum Gasteiger partial charge on any atom is 0.573 e. The minimum atomic E-state index is -4.86. The number of morpholine rings is 1. The van der Waals surface area contributed by atoms with Crippen LogP contribution in [0.3, 0.4) is 0 Å². The van der Waals surface area contributed by atoms with Gasteiger partial charge in [0.05, 0.1) is 18.9 Å². The van der Waals surface area contributed by atoms with Crippen molar-refractivity contribution in [1.82, 2.24) is 19.4 Å². The van der Waals surface area contributed by atoms with E-state index in [0.29, 0.717) is 11.3 Å². The average molecular weight is 425 g/mol. The second-order valence-corrected chi connectivity index (χ2v) is 7.43. The molecule has 0 aromatic carbocycles. The first-order valence-corrected chi connectivity index (χ1v) is 9.73. The lowest BCUT2D eigenvalue weighted by Gasteiger charge is -2.27. The molecule has 0 unspecified atom stereocenters. The number of rotatable bonds is 7. The monoisotopic (exact) mass is 425 g/mol. The lowest BCUT2D eigenvalue weighted by Crippen LogP contribution is -2.37. The number of ether oxygens (including phenoxy) is 2. The number of imidazole rings is 1. The molecule has 1 fully saturated rings. The minimum Gasteiger partial charge on any atom is -0.402 e. The van der Waals surface area contributed by atoms with Gasteiger partial charge in [-0.2, -0.15) is 0 Å². The molecule has 3 heterocycles. The summed E-state index contributed by atoms with van der Waals surface area (Å²) in [6.45, 7) is 12.3. The van der Waals surface area contributed by atoms with Crippen LogP contribution in [0.5, 0.6) is 5.75 Å². The SMILES string of the molecule is C=C(CCN1CCOCC1)n1cc(-c2cnc(N)c(OC(F)(F)F)c2)nc1C(C)C. The molecule has 2 aromatic rings. The molecular weight excluding hydrogens is 399 g/mol. The van der Waals surface area contributed by atoms with Crippen molar-refractivity contribution in [1.29, 1.82) is 0 Å². The maximum atomic E-state index is 12.6. The molecule has 10 heteroatoms. The smallest absolute Gasteiger partial charge is 0.402 e. The Morgan fingerprint density at radius 2 is 2.03 bits per heavy atom.